The molecule has 0 bridgehead atoms. The van der Waals surface area contributed by atoms with Crippen molar-refractivity contribution in [3.05, 3.63) is 79.4 Å². The van der Waals surface area contributed by atoms with E-state index in [1.807, 2.05) is 6.07 Å². The molecule has 3 aromatic rings. The lowest BCUT2D eigenvalue weighted by molar-refractivity contribution is -0.696. The predicted molar refractivity (Wildman–Crippen MR) is 83.9 cm³/mol. The maximum absolute atomic E-state index is 2.22. The van der Waals surface area contributed by atoms with Crippen LogP contribution in [-0.2, 0) is 6.54 Å². The molecular formula is C19H20N2+2. The van der Waals surface area contributed by atoms with Crippen molar-refractivity contribution in [1.82, 2.24) is 0 Å². The number of benzene rings is 1. The highest BCUT2D eigenvalue weighted by Gasteiger charge is 2.06. The van der Waals surface area contributed by atoms with E-state index in [0.29, 0.717) is 0 Å². The summed E-state index contributed by atoms with van der Waals surface area (Å²) in [5, 5.41) is 0. The van der Waals surface area contributed by atoms with Gasteiger partial charge < -0.3 is 0 Å². The Bertz CT molecular complexity index is 686. The lowest BCUT2D eigenvalue weighted by Gasteiger charge is -2.01. The maximum atomic E-state index is 2.22. The summed E-state index contributed by atoms with van der Waals surface area (Å²) < 4.78 is 4.35. The smallest absolute Gasteiger partial charge is 0.205 e. The third-order valence-corrected chi connectivity index (χ3v) is 3.59. The van der Waals surface area contributed by atoms with Crippen molar-refractivity contribution in [2.45, 2.75) is 19.9 Å². The van der Waals surface area contributed by atoms with E-state index in [2.05, 4.69) is 89.4 Å². The van der Waals surface area contributed by atoms with Crippen molar-refractivity contribution >= 4 is 0 Å². The molecule has 1 aromatic carbocycles. The lowest BCUT2D eigenvalue weighted by atomic mass is 10.1. The van der Waals surface area contributed by atoms with Gasteiger partial charge in [-0.05, 0) is 11.1 Å². The SMILES string of the molecule is CCC[n+]1ccc(-c2cc[n+](-c3ccccc3)cc2)cc1. The Balaban J connectivity index is 1.84. The molecule has 0 saturated carbocycles. The van der Waals surface area contributed by atoms with Crippen LogP contribution in [0.15, 0.2) is 79.4 Å². The van der Waals surface area contributed by atoms with Gasteiger partial charge in [-0.15, -0.1) is 0 Å². The second-order valence-corrected chi connectivity index (χ2v) is 5.15. The first-order valence-electron chi connectivity index (χ1n) is 7.43. The van der Waals surface area contributed by atoms with Crippen molar-refractivity contribution in [2.75, 3.05) is 0 Å². The number of hydrogen-bond donors (Lipinski definition) is 0. The van der Waals surface area contributed by atoms with Crippen molar-refractivity contribution in [1.29, 1.82) is 0 Å². The van der Waals surface area contributed by atoms with E-state index < -0.39 is 0 Å². The maximum Gasteiger partial charge on any atom is 0.210 e. The van der Waals surface area contributed by atoms with Crippen LogP contribution in [0, 0.1) is 0 Å². The van der Waals surface area contributed by atoms with Crippen LogP contribution in [0.1, 0.15) is 13.3 Å². The van der Waals surface area contributed by atoms with Crippen molar-refractivity contribution < 1.29 is 9.13 Å². The van der Waals surface area contributed by atoms with Crippen LogP contribution < -0.4 is 9.13 Å². The molecule has 0 N–H and O–H groups in total. The van der Waals surface area contributed by atoms with E-state index in [-0.39, 0.29) is 0 Å². The Morgan fingerprint density at radius 3 is 1.86 bits per heavy atom. The first kappa shape index (κ1) is 13.5. The topological polar surface area (TPSA) is 7.76 Å². The Morgan fingerprint density at radius 1 is 0.714 bits per heavy atom. The number of pyridine rings is 2. The highest BCUT2D eigenvalue weighted by atomic mass is 14.9. The molecule has 21 heavy (non-hydrogen) atoms. The second kappa shape index (κ2) is 6.31. The van der Waals surface area contributed by atoms with E-state index >= 15 is 0 Å². The molecule has 2 heterocycles. The van der Waals surface area contributed by atoms with Gasteiger partial charge in [0.15, 0.2) is 24.8 Å². The van der Waals surface area contributed by atoms with E-state index in [1.54, 1.807) is 0 Å². The summed E-state index contributed by atoms with van der Waals surface area (Å²) >= 11 is 0. The van der Waals surface area contributed by atoms with Crippen LogP contribution in [0.25, 0.3) is 16.8 Å². The molecule has 2 aromatic heterocycles. The van der Waals surface area contributed by atoms with Gasteiger partial charge in [0.1, 0.15) is 6.54 Å². The first-order valence-corrected chi connectivity index (χ1v) is 7.43. The summed E-state index contributed by atoms with van der Waals surface area (Å²) in [5.41, 5.74) is 3.67. The van der Waals surface area contributed by atoms with Gasteiger partial charge in [-0.1, -0.05) is 25.1 Å². The Morgan fingerprint density at radius 2 is 1.29 bits per heavy atom. The Kier molecular flexibility index (Phi) is 4.06. The second-order valence-electron chi connectivity index (χ2n) is 5.15. The summed E-state index contributed by atoms with van der Waals surface area (Å²) in [6.07, 6.45) is 9.68. The number of aromatic nitrogens is 2. The van der Waals surface area contributed by atoms with Crippen LogP contribution in [-0.4, -0.2) is 0 Å². The first-order chi connectivity index (χ1) is 10.4. The van der Waals surface area contributed by atoms with E-state index in [0.717, 1.165) is 13.0 Å². The predicted octanol–water partition coefficient (Wildman–Crippen LogP) is 3.33. The minimum atomic E-state index is 1.07. The van der Waals surface area contributed by atoms with Crippen LogP contribution in [0.4, 0.5) is 0 Å². The van der Waals surface area contributed by atoms with E-state index in [9.17, 15) is 0 Å². The van der Waals surface area contributed by atoms with Crippen LogP contribution in [0.2, 0.25) is 0 Å². The molecule has 3 rings (SSSR count). The average Bonchev–Trinajstić information content (AvgIpc) is 2.57. The fourth-order valence-corrected chi connectivity index (χ4v) is 2.45. The summed E-state index contributed by atoms with van der Waals surface area (Å²) in [7, 11) is 0. The fourth-order valence-electron chi connectivity index (χ4n) is 2.45. The minimum absolute atomic E-state index is 1.07. The van der Waals surface area contributed by atoms with Crippen LogP contribution in [0.3, 0.4) is 0 Å². The van der Waals surface area contributed by atoms with Gasteiger partial charge >= 0.3 is 0 Å². The summed E-state index contributed by atoms with van der Waals surface area (Å²) in [4.78, 5) is 0. The van der Waals surface area contributed by atoms with E-state index in [1.165, 1.54) is 16.8 Å². The van der Waals surface area contributed by atoms with Crippen molar-refractivity contribution in [2.24, 2.45) is 0 Å². The number of nitrogens with zero attached hydrogens (tertiary/aromatic N) is 2. The molecule has 2 heteroatoms. The van der Waals surface area contributed by atoms with Gasteiger partial charge in [-0.3, -0.25) is 0 Å². The van der Waals surface area contributed by atoms with E-state index in [4.69, 9.17) is 0 Å². The number of hydrogen-bond acceptors (Lipinski definition) is 0. The summed E-state index contributed by atoms with van der Waals surface area (Å²) in [6, 6.07) is 19.0. The molecule has 0 saturated heterocycles. The molecule has 0 aliphatic carbocycles. The highest BCUT2D eigenvalue weighted by Crippen LogP contribution is 2.16. The molecule has 0 aliphatic rings. The summed E-state index contributed by atoms with van der Waals surface area (Å²) in [5.74, 6) is 0. The fraction of sp³-hybridized carbons (Fsp3) is 0.158. The Labute approximate surface area is 125 Å². The third-order valence-electron chi connectivity index (χ3n) is 3.59. The average molecular weight is 276 g/mol. The highest BCUT2D eigenvalue weighted by molar-refractivity contribution is 5.61. The van der Waals surface area contributed by atoms with Gasteiger partial charge in [-0.2, -0.15) is 4.57 Å². The molecule has 0 aliphatic heterocycles. The quantitative estimate of drug-likeness (QED) is 0.646. The van der Waals surface area contributed by atoms with Crippen molar-refractivity contribution in [3.8, 4) is 16.8 Å². The number of para-hydroxylation sites is 1. The third kappa shape index (κ3) is 3.16. The van der Waals surface area contributed by atoms with Gasteiger partial charge in [0.25, 0.3) is 0 Å². The molecule has 0 spiro atoms. The molecule has 104 valence electrons. The zero-order chi connectivity index (χ0) is 14.5. The monoisotopic (exact) mass is 276 g/mol. The van der Waals surface area contributed by atoms with Gasteiger partial charge in [0.05, 0.1) is 0 Å². The standard InChI is InChI=1S/C19H20N2/c1-2-12-20-13-8-17(9-14-20)18-10-15-21(16-11-18)19-6-4-3-5-7-19/h3-11,13-16H,2,12H2,1H3/q+2. The lowest BCUT2D eigenvalue weighted by Crippen LogP contribution is -2.32. The minimum Gasteiger partial charge on any atom is -0.205 e. The van der Waals surface area contributed by atoms with Crippen LogP contribution in [0.5, 0.6) is 0 Å². The molecule has 0 amide bonds. The number of aryl methyl sites for hydroxylation is 1. The molecule has 0 unspecified atom stereocenters. The molecule has 0 atom stereocenters. The Hall–Kier alpha value is -2.48. The molecule has 0 fully saturated rings. The van der Waals surface area contributed by atoms with Crippen molar-refractivity contribution in [3.63, 3.8) is 0 Å². The number of rotatable bonds is 4. The van der Waals surface area contributed by atoms with Crippen LogP contribution >= 0.6 is 0 Å². The molecule has 0 radical (unpaired) electrons. The zero-order valence-corrected chi connectivity index (χ0v) is 12.3. The largest absolute Gasteiger partial charge is 0.210 e. The molecular weight excluding hydrogens is 256 g/mol. The zero-order valence-electron chi connectivity index (χ0n) is 12.3. The normalized spacial score (nSPS) is 10.5. The molecule has 2 nitrogen and oxygen atoms in total. The van der Waals surface area contributed by atoms with Gasteiger partial charge in [-0.25, -0.2) is 4.57 Å². The van der Waals surface area contributed by atoms with Gasteiger partial charge in [0, 0.05) is 42.8 Å². The van der Waals surface area contributed by atoms with Gasteiger partial charge in [0.2, 0.25) is 5.69 Å². The summed E-state index contributed by atoms with van der Waals surface area (Å²) in [6.45, 7) is 3.27.